The number of para-hydroxylation sites is 1. The third kappa shape index (κ3) is 3.23. The monoisotopic (exact) mass is 341 g/mol. The van der Waals surface area contributed by atoms with Gasteiger partial charge in [0.2, 0.25) is 11.3 Å². The van der Waals surface area contributed by atoms with E-state index in [4.69, 9.17) is 0 Å². The van der Waals surface area contributed by atoms with Gasteiger partial charge in [0.1, 0.15) is 0 Å². The van der Waals surface area contributed by atoms with E-state index in [-0.39, 0.29) is 17.4 Å². The van der Waals surface area contributed by atoms with E-state index in [2.05, 4.69) is 5.10 Å². The highest BCUT2D eigenvalue weighted by molar-refractivity contribution is 7.10. The van der Waals surface area contributed by atoms with E-state index in [1.54, 1.807) is 27.0 Å². The maximum absolute atomic E-state index is 12.5. The van der Waals surface area contributed by atoms with E-state index in [1.165, 1.54) is 6.20 Å². The topological polar surface area (TPSA) is 55.2 Å². The van der Waals surface area contributed by atoms with Gasteiger partial charge in [-0.15, -0.1) is 11.3 Å². The van der Waals surface area contributed by atoms with Crippen LogP contribution in [0.15, 0.2) is 52.8 Å². The first-order chi connectivity index (χ1) is 11.6. The van der Waals surface area contributed by atoms with Gasteiger partial charge >= 0.3 is 0 Å². The van der Waals surface area contributed by atoms with Crippen molar-refractivity contribution in [1.82, 2.24) is 14.7 Å². The van der Waals surface area contributed by atoms with Gasteiger partial charge in [0.25, 0.3) is 0 Å². The minimum atomic E-state index is -0.100. The Bertz CT molecular complexity index is 902. The second-order valence-electron chi connectivity index (χ2n) is 5.70. The molecule has 3 aromatic rings. The summed E-state index contributed by atoms with van der Waals surface area (Å²) in [5.74, 6) is 0.0560. The van der Waals surface area contributed by atoms with Crippen LogP contribution in [0.1, 0.15) is 24.3 Å². The van der Waals surface area contributed by atoms with Crippen LogP contribution in [-0.2, 0) is 11.3 Å². The summed E-state index contributed by atoms with van der Waals surface area (Å²) in [6.07, 6.45) is 1.65. The number of carbonyl (C=O) groups is 1. The Morgan fingerprint density at radius 2 is 2.08 bits per heavy atom. The first-order valence-electron chi connectivity index (χ1n) is 7.82. The third-order valence-electron chi connectivity index (χ3n) is 4.23. The number of benzene rings is 1. The quantitative estimate of drug-likeness (QED) is 0.717. The van der Waals surface area contributed by atoms with Crippen LogP contribution in [0.25, 0.3) is 10.9 Å². The normalized spacial score (nSPS) is 12.2. The van der Waals surface area contributed by atoms with Crippen molar-refractivity contribution < 1.29 is 4.79 Å². The predicted octanol–water partition coefficient (Wildman–Crippen LogP) is 3.07. The third-order valence-corrected chi connectivity index (χ3v) is 5.27. The highest BCUT2D eigenvalue weighted by atomic mass is 32.1. The number of amides is 1. The van der Waals surface area contributed by atoms with E-state index in [0.29, 0.717) is 18.4 Å². The average Bonchev–Trinajstić information content (AvgIpc) is 3.14. The number of aromatic nitrogens is 2. The molecule has 1 aromatic carbocycles. The van der Waals surface area contributed by atoms with Gasteiger partial charge in [0.15, 0.2) is 0 Å². The van der Waals surface area contributed by atoms with Crippen LogP contribution < -0.4 is 5.43 Å². The molecule has 0 fully saturated rings. The summed E-state index contributed by atoms with van der Waals surface area (Å²) in [5.41, 5.74) is 0.656. The summed E-state index contributed by atoms with van der Waals surface area (Å²) in [6.45, 7) is 2.47. The van der Waals surface area contributed by atoms with Gasteiger partial charge in [-0.05, 0) is 30.5 Å². The summed E-state index contributed by atoms with van der Waals surface area (Å²) < 4.78 is 1.72. The summed E-state index contributed by atoms with van der Waals surface area (Å²) in [4.78, 5) is 27.3. The number of thiophene rings is 1. The van der Waals surface area contributed by atoms with Crippen LogP contribution in [0.2, 0.25) is 0 Å². The van der Waals surface area contributed by atoms with Crippen molar-refractivity contribution in [2.45, 2.75) is 25.9 Å². The summed E-state index contributed by atoms with van der Waals surface area (Å²) in [6, 6.07) is 11.4. The lowest BCUT2D eigenvalue weighted by Crippen LogP contribution is -2.30. The molecule has 0 aliphatic heterocycles. The van der Waals surface area contributed by atoms with Crippen LogP contribution in [0.5, 0.6) is 0 Å². The number of carbonyl (C=O) groups excluding carboxylic acids is 1. The smallest absolute Gasteiger partial charge is 0.224 e. The molecular weight excluding hydrogens is 322 g/mol. The van der Waals surface area contributed by atoms with E-state index in [9.17, 15) is 9.59 Å². The molecule has 0 saturated heterocycles. The van der Waals surface area contributed by atoms with Crippen molar-refractivity contribution in [3.63, 3.8) is 0 Å². The molecule has 0 bridgehead atoms. The molecule has 3 rings (SSSR count). The SMILES string of the molecule is CC(c1cccs1)N(C)C(=O)CCn1ncc(=O)c2ccccc21. The Labute approximate surface area is 144 Å². The summed E-state index contributed by atoms with van der Waals surface area (Å²) >= 11 is 1.65. The minimum Gasteiger partial charge on any atom is -0.338 e. The Morgan fingerprint density at radius 1 is 1.29 bits per heavy atom. The molecule has 24 heavy (non-hydrogen) atoms. The van der Waals surface area contributed by atoms with Crippen LogP contribution in [0.3, 0.4) is 0 Å². The lowest BCUT2D eigenvalue weighted by atomic mass is 10.2. The van der Waals surface area contributed by atoms with E-state index in [0.717, 1.165) is 10.4 Å². The second kappa shape index (κ2) is 6.97. The van der Waals surface area contributed by atoms with Crippen LogP contribution in [0.4, 0.5) is 0 Å². The van der Waals surface area contributed by atoms with Crippen molar-refractivity contribution in [1.29, 1.82) is 0 Å². The molecule has 5 nitrogen and oxygen atoms in total. The molecule has 0 N–H and O–H groups in total. The van der Waals surface area contributed by atoms with Gasteiger partial charge in [0.05, 0.1) is 24.3 Å². The average molecular weight is 341 g/mol. The Morgan fingerprint density at radius 3 is 2.83 bits per heavy atom. The highest BCUT2D eigenvalue weighted by Crippen LogP contribution is 2.23. The van der Waals surface area contributed by atoms with E-state index >= 15 is 0 Å². The van der Waals surface area contributed by atoms with Crippen molar-refractivity contribution in [2.24, 2.45) is 0 Å². The molecule has 2 aromatic heterocycles. The fourth-order valence-electron chi connectivity index (χ4n) is 2.65. The Kier molecular flexibility index (Phi) is 4.76. The lowest BCUT2D eigenvalue weighted by Gasteiger charge is -2.24. The molecule has 0 aliphatic rings. The summed E-state index contributed by atoms with van der Waals surface area (Å²) in [7, 11) is 1.82. The van der Waals surface area contributed by atoms with Crippen molar-refractivity contribution in [3.8, 4) is 0 Å². The molecule has 1 amide bonds. The van der Waals surface area contributed by atoms with Crippen molar-refractivity contribution in [2.75, 3.05) is 7.05 Å². The van der Waals surface area contributed by atoms with Crippen molar-refractivity contribution >= 4 is 28.1 Å². The van der Waals surface area contributed by atoms with Crippen LogP contribution in [-0.4, -0.2) is 27.6 Å². The molecule has 1 unspecified atom stereocenters. The van der Waals surface area contributed by atoms with E-state index in [1.807, 2.05) is 49.7 Å². The van der Waals surface area contributed by atoms with Gasteiger partial charge < -0.3 is 4.90 Å². The lowest BCUT2D eigenvalue weighted by molar-refractivity contribution is -0.132. The zero-order valence-electron chi connectivity index (χ0n) is 13.7. The molecule has 0 aliphatic carbocycles. The number of hydrogen-bond acceptors (Lipinski definition) is 4. The van der Waals surface area contributed by atoms with Gasteiger partial charge in [-0.1, -0.05) is 18.2 Å². The fraction of sp³-hybridized carbons (Fsp3) is 0.278. The zero-order chi connectivity index (χ0) is 17.1. The fourth-order valence-corrected chi connectivity index (χ4v) is 3.48. The molecular formula is C18H19N3O2S. The summed E-state index contributed by atoms with van der Waals surface area (Å²) in [5, 5.41) is 6.81. The molecule has 0 saturated carbocycles. The minimum absolute atomic E-state index is 0.0521. The highest BCUT2D eigenvalue weighted by Gasteiger charge is 2.18. The molecule has 0 radical (unpaired) electrons. The number of hydrogen-bond donors (Lipinski definition) is 0. The van der Waals surface area contributed by atoms with Gasteiger partial charge in [0, 0.05) is 23.7 Å². The molecule has 1 atom stereocenters. The Balaban J connectivity index is 1.73. The maximum atomic E-state index is 12.5. The number of aryl methyl sites for hydroxylation is 1. The standard InChI is InChI=1S/C18H19N3O2S/c1-13(17-8-5-11-24-17)20(2)18(23)9-10-21-15-7-4-3-6-14(15)16(22)12-19-21/h3-8,11-13H,9-10H2,1-2H3. The van der Waals surface area contributed by atoms with Gasteiger partial charge in [-0.3, -0.25) is 14.3 Å². The second-order valence-corrected chi connectivity index (χ2v) is 6.67. The molecule has 2 heterocycles. The first-order valence-corrected chi connectivity index (χ1v) is 8.70. The molecule has 6 heteroatoms. The molecule has 0 spiro atoms. The van der Waals surface area contributed by atoms with Crippen LogP contribution in [0, 0.1) is 0 Å². The molecule has 124 valence electrons. The van der Waals surface area contributed by atoms with Gasteiger partial charge in [-0.2, -0.15) is 5.10 Å². The van der Waals surface area contributed by atoms with Crippen molar-refractivity contribution in [3.05, 3.63) is 63.1 Å². The number of rotatable bonds is 5. The van der Waals surface area contributed by atoms with E-state index < -0.39 is 0 Å². The van der Waals surface area contributed by atoms with Crippen LogP contribution >= 0.6 is 11.3 Å². The first kappa shape index (κ1) is 16.4. The largest absolute Gasteiger partial charge is 0.338 e. The van der Waals surface area contributed by atoms with Gasteiger partial charge in [-0.25, -0.2) is 0 Å². The Hall–Kier alpha value is -2.47. The zero-order valence-corrected chi connectivity index (χ0v) is 14.5. The number of fused-ring (bicyclic) bond motifs is 1. The predicted molar refractivity (Wildman–Crippen MR) is 96.1 cm³/mol. The maximum Gasteiger partial charge on any atom is 0.224 e. The number of nitrogens with zero attached hydrogens (tertiary/aromatic N) is 3.